The van der Waals surface area contributed by atoms with Crippen LogP contribution in [0.1, 0.15) is 34.2 Å². The molecule has 4 rings (SSSR count). The molecule has 0 radical (unpaired) electrons. The molecule has 6 heteroatoms. The third kappa shape index (κ3) is 5.38. The van der Waals surface area contributed by atoms with Gasteiger partial charge >= 0.3 is 12.1 Å². The standard InChI is InChI=1S/C27H25F3O3/c1-32-26(31)17-33-25-16-13-21(23-3-2-4-24(23)25)10-7-18-5-8-19(9-6-18)20-11-14-22(15-12-20)27(28,29)30/h5-6,8-9,11-16H,2-4,7,10,17H2,1H3. The summed E-state index contributed by atoms with van der Waals surface area (Å²) in [4.78, 5) is 11.4. The zero-order valence-corrected chi connectivity index (χ0v) is 18.4. The van der Waals surface area contributed by atoms with Crippen molar-refractivity contribution in [1.82, 2.24) is 0 Å². The number of methoxy groups -OCH3 is 1. The van der Waals surface area contributed by atoms with Gasteiger partial charge in [-0.1, -0.05) is 42.5 Å². The lowest BCUT2D eigenvalue weighted by Crippen LogP contribution is -2.13. The molecule has 0 N–H and O–H groups in total. The van der Waals surface area contributed by atoms with Crippen molar-refractivity contribution in [3.63, 3.8) is 0 Å². The lowest BCUT2D eigenvalue weighted by atomic mass is 9.95. The Morgan fingerprint density at radius 3 is 2.12 bits per heavy atom. The minimum atomic E-state index is -4.33. The molecular weight excluding hydrogens is 429 g/mol. The second kappa shape index (κ2) is 9.69. The van der Waals surface area contributed by atoms with Crippen LogP contribution in [0.3, 0.4) is 0 Å². The summed E-state index contributed by atoms with van der Waals surface area (Å²) < 4.78 is 48.6. The predicted octanol–water partition coefficient (Wildman–Crippen LogP) is 6.20. The van der Waals surface area contributed by atoms with Crippen LogP contribution in [0.25, 0.3) is 11.1 Å². The van der Waals surface area contributed by atoms with Crippen molar-refractivity contribution in [2.75, 3.05) is 13.7 Å². The van der Waals surface area contributed by atoms with Crippen LogP contribution in [0.15, 0.2) is 60.7 Å². The number of carbonyl (C=O) groups excluding carboxylic acids is 1. The Balaban J connectivity index is 1.41. The number of halogens is 3. The van der Waals surface area contributed by atoms with Crippen molar-refractivity contribution < 1.29 is 27.4 Å². The molecular formula is C27H25F3O3. The van der Waals surface area contributed by atoms with E-state index >= 15 is 0 Å². The number of alkyl halides is 3. The van der Waals surface area contributed by atoms with Gasteiger partial charge in [0.25, 0.3) is 0 Å². The van der Waals surface area contributed by atoms with E-state index in [-0.39, 0.29) is 6.61 Å². The lowest BCUT2D eigenvalue weighted by molar-refractivity contribution is -0.143. The summed E-state index contributed by atoms with van der Waals surface area (Å²) in [6.07, 6.45) is 0.451. The maximum atomic E-state index is 12.8. The lowest BCUT2D eigenvalue weighted by Gasteiger charge is -2.14. The van der Waals surface area contributed by atoms with Crippen molar-refractivity contribution in [2.24, 2.45) is 0 Å². The summed E-state index contributed by atoms with van der Waals surface area (Å²) in [5.41, 5.74) is 5.98. The molecule has 3 aromatic carbocycles. The van der Waals surface area contributed by atoms with E-state index in [2.05, 4.69) is 10.8 Å². The molecule has 0 aliphatic heterocycles. The number of fused-ring (bicyclic) bond motifs is 1. The number of carbonyl (C=O) groups is 1. The summed E-state index contributed by atoms with van der Waals surface area (Å²) in [7, 11) is 1.34. The normalized spacial score (nSPS) is 13.0. The molecule has 0 saturated heterocycles. The number of aryl methyl sites for hydroxylation is 2. The average molecular weight is 454 g/mol. The molecule has 172 valence electrons. The fourth-order valence-corrected chi connectivity index (χ4v) is 4.31. The Labute approximate surface area is 191 Å². The van der Waals surface area contributed by atoms with Gasteiger partial charge in [-0.2, -0.15) is 13.2 Å². The van der Waals surface area contributed by atoms with E-state index in [0.717, 1.165) is 61.1 Å². The summed E-state index contributed by atoms with van der Waals surface area (Å²) in [5.74, 6) is 0.364. The molecule has 1 aliphatic carbocycles. The van der Waals surface area contributed by atoms with E-state index in [1.54, 1.807) is 0 Å². The first-order valence-electron chi connectivity index (χ1n) is 10.9. The van der Waals surface area contributed by atoms with Crippen LogP contribution < -0.4 is 4.74 Å². The van der Waals surface area contributed by atoms with Crippen molar-refractivity contribution in [1.29, 1.82) is 0 Å². The molecule has 0 heterocycles. The molecule has 0 saturated carbocycles. The van der Waals surface area contributed by atoms with Crippen LogP contribution in [-0.2, 0) is 41.4 Å². The number of esters is 1. The molecule has 0 amide bonds. The van der Waals surface area contributed by atoms with Crippen LogP contribution >= 0.6 is 0 Å². The van der Waals surface area contributed by atoms with Gasteiger partial charge < -0.3 is 9.47 Å². The van der Waals surface area contributed by atoms with Crippen LogP contribution in [0.2, 0.25) is 0 Å². The maximum Gasteiger partial charge on any atom is 0.416 e. The second-order valence-electron chi connectivity index (χ2n) is 8.17. The highest BCUT2D eigenvalue weighted by Crippen LogP contribution is 2.34. The molecule has 0 fully saturated rings. The zero-order chi connectivity index (χ0) is 23.4. The summed E-state index contributed by atoms with van der Waals surface area (Å²) in [6, 6.07) is 17.2. The highest BCUT2D eigenvalue weighted by atomic mass is 19.4. The number of hydrogen-bond acceptors (Lipinski definition) is 3. The minimum absolute atomic E-state index is 0.0897. The number of benzene rings is 3. The Morgan fingerprint density at radius 2 is 1.48 bits per heavy atom. The van der Waals surface area contributed by atoms with Gasteiger partial charge in [-0.05, 0) is 83.7 Å². The van der Waals surface area contributed by atoms with Gasteiger partial charge in [0.05, 0.1) is 12.7 Å². The zero-order valence-electron chi connectivity index (χ0n) is 18.4. The molecule has 0 spiro atoms. The van der Waals surface area contributed by atoms with Gasteiger partial charge in [-0.25, -0.2) is 4.79 Å². The summed E-state index contributed by atoms with van der Waals surface area (Å²) in [5, 5.41) is 0. The quantitative estimate of drug-likeness (QED) is 0.399. The SMILES string of the molecule is COC(=O)COc1ccc(CCc2ccc(-c3ccc(C(F)(F)F)cc3)cc2)c2c1CCC2. The monoisotopic (exact) mass is 454 g/mol. The minimum Gasteiger partial charge on any atom is -0.482 e. The topological polar surface area (TPSA) is 35.5 Å². The average Bonchev–Trinajstić information content (AvgIpc) is 3.32. The molecule has 33 heavy (non-hydrogen) atoms. The highest BCUT2D eigenvalue weighted by molar-refractivity contribution is 5.71. The van der Waals surface area contributed by atoms with Crippen molar-refractivity contribution >= 4 is 5.97 Å². The molecule has 0 atom stereocenters. The van der Waals surface area contributed by atoms with E-state index in [1.807, 2.05) is 30.3 Å². The molecule has 0 aromatic heterocycles. The number of ether oxygens (including phenoxy) is 2. The number of hydrogen-bond donors (Lipinski definition) is 0. The van der Waals surface area contributed by atoms with Crippen LogP contribution in [-0.4, -0.2) is 19.7 Å². The first-order valence-corrected chi connectivity index (χ1v) is 10.9. The number of rotatable bonds is 7. The third-order valence-electron chi connectivity index (χ3n) is 6.09. The summed E-state index contributed by atoms with van der Waals surface area (Å²) in [6.45, 7) is -0.0897. The second-order valence-corrected chi connectivity index (χ2v) is 8.17. The van der Waals surface area contributed by atoms with Gasteiger partial charge in [0, 0.05) is 0 Å². The van der Waals surface area contributed by atoms with E-state index in [4.69, 9.17) is 4.74 Å². The van der Waals surface area contributed by atoms with E-state index in [1.165, 1.54) is 41.5 Å². The van der Waals surface area contributed by atoms with Crippen molar-refractivity contribution in [3.8, 4) is 16.9 Å². The Morgan fingerprint density at radius 1 is 0.848 bits per heavy atom. The Hall–Kier alpha value is -3.28. The maximum absolute atomic E-state index is 12.8. The molecule has 0 unspecified atom stereocenters. The van der Waals surface area contributed by atoms with Gasteiger partial charge in [0.15, 0.2) is 6.61 Å². The fourth-order valence-electron chi connectivity index (χ4n) is 4.31. The predicted molar refractivity (Wildman–Crippen MR) is 120 cm³/mol. The Kier molecular flexibility index (Phi) is 6.72. The summed E-state index contributed by atoms with van der Waals surface area (Å²) >= 11 is 0. The van der Waals surface area contributed by atoms with Crippen molar-refractivity contribution in [2.45, 2.75) is 38.3 Å². The molecule has 1 aliphatic rings. The van der Waals surface area contributed by atoms with E-state index < -0.39 is 17.7 Å². The van der Waals surface area contributed by atoms with Gasteiger partial charge in [-0.3, -0.25) is 0 Å². The van der Waals surface area contributed by atoms with E-state index in [9.17, 15) is 18.0 Å². The van der Waals surface area contributed by atoms with Gasteiger partial charge in [0.2, 0.25) is 0 Å². The molecule has 0 bridgehead atoms. The fraction of sp³-hybridized carbons (Fsp3) is 0.296. The van der Waals surface area contributed by atoms with Gasteiger partial charge in [0.1, 0.15) is 5.75 Å². The first-order chi connectivity index (χ1) is 15.8. The molecule has 3 aromatic rings. The molecule has 3 nitrogen and oxygen atoms in total. The van der Waals surface area contributed by atoms with E-state index in [0.29, 0.717) is 0 Å². The first kappa shape index (κ1) is 22.9. The smallest absolute Gasteiger partial charge is 0.416 e. The third-order valence-corrected chi connectivity index (χ3v) is 6.09. The van der Waals surface area contributed by atoms with Crippen molar-refractivity contribution in [3.05, 3.63) is 88.5 Å². The van der Waals surface area contributed by atoms with Gasteiger partial charge in [-0.15, -0.1) is 0 Å². The Bertz CT molecular complexity index is 1120. The largest absolute Gasteiger partial charge is 0.482 e. The van der Waals surface area contributed by atoms with Crippen LogP contribution in [0.4, 0.5) is 13.2 Å². The van der Waals surface area contributed by atoms with Crippen LogP contribution in [0, 0.1) is 0 Å². The van der Waals surface area contributed by atoms with Crippen LogP contribution in [0.5, 0.6) is 5.75 Å². The highest BCUT2D eigenvalue weighted by Gasteiger charge is 2.30.